The summed E-state index contributed by atoms with van der Waals surface area (Å²) in [5.74, 6) is -0.100. The lowest BCUT2D eigenvalue weighted by atomic mass is 9.83. The molecule has 2 atom stereocenters. The molecule has 1 aliphatic carbocycles. The largest absolute Gasteiger partial charge is 0.489 e. The third-order valence-electron chi connectivity index (χ3n) is 3.68. The average molecular weight is 253 g/mol. The minimum absolute atomic E-state index is 0.148. The molecule has 0 radical (unpaired) electrons. The Morgan fingerprint density at radius 3 is 2.88 bits per heavy atom. The van der Waals surface area contributed by atoms with Crippen LogP contribution in [0.3, 0.4) is 0 Å². The van der Waals surface area contributed by atoms with Gasteiger partial charge in [0, 0.05) is 16.5 Å². The second-order valence-corrected chi connectivity index (χ2v) is 5.16. The Balaban J connectivity index is 2.11. The number of carboxylic acids is 1. The molecule has 0 spiro atoms. The van der Waals surface area contributed by atoms with Crippen LogP contribution in [0.25, 0.3) is 0 Å². The monoisotopic (exact) mass is 252 g/mol. The Morgan fingerprint density at radius 1 is 1.35 bits per heavy atom. The zero-order valence-electron chi connectivity index (χ0n) is 9.28. The summed E-state index contributed by atoms with van der Waals surface area (Å²) in [5, 5.41) is 9.65. The lowest BCUT2D eigenvalue weighted by molar-refractivity contribution is 0.0689. The molecule has 3 nitrogen and oxygen atoms in total. The lowest BCUT2D eigenvalue weighted by Gasteiger charge is -2.23. The zero-order valence-corrected chi connectivity index (χ0v) is 10.0. The molecule has 1 fully saturated rings. The molecule has 0 bridgehead atoms. The van der Waals surface area contributed by atoms with Crippen molar-refractivity contribution in [3.05, 3.63) is 28.3 Å². The van der Waals surface area contributed by atoms with Crippen molar-refractivity contribution in [3.8, 4) is 5.75 Å². The molecule has 0 saturated heterocycles. The van der Waals surface area contributed by atoms with Crippen LogP contribution >= 0.6 is 11.6 Å². The number of hydrogen-bond donors (Lipinski definition) is 1. The summed E-state index contributed by atoms with van der Waals surface area (Å²) in [4.78, 5) is 11.2. The zero-order chi connectivity index (χ0) is 12.0. The fourth-order valence-corrected chi connectivity index (χ4v) is 3.15. The first-order valence-corrected chi connectivity index (χ1v) is 6.28. The van der Waals surface area contributed by atoms with Crippen LogP contribution in [0.5, 0.6) is 5.75 Å². The van der Waals surface area contributed by atoms with Gasteiger partial charge in [-0.2, -0.15) is 0 Å². The Kier molecular flexibility index (Phi) is 2.51. The Labute approximate surface area is 104 Å². The van der Waals surface area contributed by atoms with E-state index < -0.39 is 5.97 Å². The fourth-order valence-electron chi connectivity index (χ4n) is 2.93. The highest BCUT2D eigenvalue weighted by Crippen LogP contribution is 2.48. The smallest absolute Gasteiger partial charge is 0.339 e. The van der Waals surface area contributed by atoms with E-state index in [9.17, 15) is 4.79 Å². The lowest BCUT2D eigenvalue weighted by Crippen LogP contribution is -2.22. The van der Waals surface area contributed by atoms with Gasteiger partial charge in [-0.25, -0.2) is 4.79 Å². The van der Waals surface area contributed by atoms with Gasteiger partial charge in [0.25, 0.3) is 0 Å². The highest BCUT2D eigenvalue weighted by atomic mass is 35.5. The van der Waals surface area contributed by atoms with Gasteiger partial charge in [0.15, 0.2) is 0 Å². The van der Waals surface area contributed by atoms with Crippen molar-refractivity contribution in [1.82, 2.24) is 0 Å². The van der Waals surface area contributed by atoms with Crippen LogP contribution in [-0.4, -0.2) is 17.2 Å². The van der Waals surface area contributed by atoms with Crippen LogP contribution < -0.4 is 4.74 Å². The third-order valence-corrected chi connectivity index (χ3v) is 3.90. The number of fused-ring (bicyclic) bond motifs is 3. The second kappa shape index (κ2) is 3.91. The number of carbonyl (C=O) groups is 1. The number of carboxylic acid groups (broad SMARTS) is 1. The number of rotatable bonds is 1. The highest BCUT2D eigenvalue weighted by Gasteiger charge is 2.38. The molecule has 0 amide bonds. The molecule has 2 aliphatic rings. The number of halogens is 1. The van der Waals surface area contributed by atoms with E-state index in [0.29, 0.717) is 16.7 Å². The molecular weight excluding hydrogens is 240 g/mol. The number of ether oxygens (including phenoxy) is 1. The van der Waals surface area contributed by atoms with Crippen LogP contribution in [0.4, 0.5) is 0 Å². The van der Waals surface area contributed by atoms with E-state index in [1.54, 1.807) is 0 Å². The quantitative estimate of drug-likeness (QED) is 0.833. The van der Waals surface area contributed by atoms with E-state index >= 15 is 0 Å². The van der Waals surface area contributed by atoms with E-state index in [1.165, 1.54) is 12.5 Å². The second-order valence-electron chi connectivity index (χ2n) is 4.72. The van der Waals surface area contributed by atoms with E-state index in [4.69, 9.17) is 21.4 Å². The summed E-state index contributed by atoms with van der Waals surface area (Å²) in [5.41, 5.74) is 1.18. The SMILES string of the molecule is O=C(O)c1cc(Cl)cc2c1O[C@@H]1CCCC[C@H]21. The number of aromatic carboxylic acids is 1. The summed E-state index contributed by atoms with van der Waals surface area (Å²) in [6, 6.07) is 3.33. The van der Waals surface area contributed by atoms with E-state index in [1.807, 2.05) is 6.07 Å². The highest BCUT2D eigenvalue weighted by molar-refractivity contribution is 6.31. The summed E-state index contributed by atoms with van der Waals surface area (Å²) < 4.78 is 5.82. The molecule has 0 aromatic heterocycles. The van der Waals surface area contributed by atoms with Crippen molar-refractivity contribution in [1.29, 1.82) is 0 Å². The number of benzene rings is 1. The van der Waals surface area contributed by atoms with E-state index in [-0.39, 0.29) is 11.7 Å². The van der Waals surface area contributed by atoms with Crippen LogP contribution in [0.1, 0.15) is 47.5 Å². The van der Waals surface area contributed by atoms with Gasteiger partial charge < -0.3 is 9.84 Å². The van der Waals surface area contributed by atoms with Crippen molar-refractivity contribution in [2.24, 2.45) is 0 Å². The van der Waals surface area contributed by atoms with E-state index in [0.717, 1.165) is 24.8 Å². The summed E-state index contributed by atoms with van der Waals surface area (Å²) in [6.45, 7) is 0. The minimum atomic E-state index is -0.970. The maximum absolute atomic E-state index is 11.2. The van der Waals surface area contributed by atoms with Crippen LogP contribution in [-0.2, 0) is 0 Å². The first kappa shape index (κ1) is 10.9. The molecule has 90 valence electrons. The molecule has 1 aromatic carbocycles. The van der Waals surface area contributed by atoms with E-state index in [2.05, 4.69) is 0 Å². The first-order valence-electron chi connectivity index (χ1n) is 5.90. The molecule has 3 rings (SSSR count). The van der Waals surface area contributed by atoms with Crippen molar-refractivity contribution in [3.63, 3.8) is 0 Å². The fraction of sp³-hybridized carbons (Fsp3) is 0.462. The van der Waals surface area contributed by atoms with Gasteiger partial charge in [-0.05, 0) is 31.4 Å². The molecule has 1 aromatic rings. The van der Waals surface area contributed by atoms with Crippen molar-refractivity contribution in [2.45, 2.75) is 37.7 Å². The van der Waals surface area contributed by atoms with Gasteiger partial charge in [0.1, 0.15) is 17.4 Å². The maximum atomic E-state index is 11.2. The van der Waals surface area contributed by atoms with Gasteiger partial charge in [-0.15, -0.1) is 0 Å². The maximum Gasteiger partial charge on any atom is 0.339 e. The molecule has 0 unspecified atom stereocenters. The molecule has 17 heavy (non-hydrogen) atoms. The Hall–Kier alpha value is -1.22. The molecule has 4 heteroatoms. The predicted octanol–water partition coefficient (Wildman–Crippen LogP) is 3.46. The topological polar surface area (TPSA) is 46.5 Å². The first-order chi connectivity index (χ1) is 8.16. The molecular formula is C13H13ClO3. The van der Waals surface area contributed by atoms with Gasteiger partial charge in [0.05, 0.1) is 0 Å². The minimum Gasteiger partial charge on any atom is -0.489 e. The van der Waals surface area contributed by atoms with Gasteiger partial charge in [0.2, 0.25) is 0 Å². The van der Waals surface area contributed by atoms with Gasteiger partial charge in [-0.3, -0.25) is 0 Å². The number of hydrogen-bond acceptors (Lipinski definition) is 2. The van der Waals surface area contributed by atoms with Crippen LogP contribution in [0, 0.1) is 0 Å². The standard InChI is InChI=1S/C13H13ClO3/c14-7-5-9-8-3-1-2-4-11(8)17-12(9)10(6-7)13(15)16/h5-6,8,11H,1-4H2,(H,15,16)/t8-,11-/m1/s1. The molecule has 1 heterocycles. The molecule has 1 saturated carbocycles. The van der Waals surface area contributed by atoms with Crippen LogP contribution in [0.15, 0.2) is 12.1 Å². The normalized spacial score (nSPS) is 25.9. The molecule has 1 N–H and O–H groups in total. The van der Waals surface area contributed by atoms with Gasteiger partial charge in [-0.1, -0.05) is 18.0 Å². The average Bonchev–Trinajstić information content (AvgIpc) is 2.66. The van der Waals surface area contributed by atoms with Crippen molar-refractivity contribution >= 4 is 17.6 Å². The van der Waals surface area contributed by atoms with Gasteiger partial charge >= 0.3 is 5.97 Å². The third kappa shape index (κ3) is 1.69. The Bertz CT molecular complexity index is 484. The summed E-state index contributed by atoms with van der Waals surface area (Å²) in [6.07, 6.45) is 4.56. The summed E-state index contributed by atoms with van der Waals surface area (Å²) >= 11 is 5.98. The van der Waals surface area contributed by atoms with Crippen molar-refractivity contribution < 1.29 is 14.6 Å². The Morgan fingerprint density at radius 2 is 2.12 bits per heavy atom. The van der Waals surface area contributed by atoms with Crippen molar-refractivity contribution in [2.75, 3.05) is 0 Å². The van der Waals surface area contributed by atoms with Crippen LogP contribution in [0.2, 0.25) is 5.02 Å². The predicted molar refractivity (Wildman–Crippen MR) is 64.0 cm³/mol. The molecule has 1 aliphatic heterocycles. The summed E-state index contributed by atoms with van der Waals surface area (Å²) in [7, 11) is 0.